The average molecular weight is 258 g/mol. The van der Waals surface area contributed by atoms with Gasteiger partial charge in [-0.15, -0.1) is 0 Å². The summed E-state index contributed by atoms with van der Waals surface area (Å²) in [6.45, 7) is 0. The van der Waals surface area contributed by atoms with Crippen molar-refractivity contribution in [2.75, 3.05) is 12.4 Å². The number of rotatable bonds is 4. The van der Waals surface area contributed by atoms with Crippen LogP contribution in [-0.2, 0) is 0 Å². The van der Waals surface area contributed by atoms with Crippen LogP contribution in [0.1, 0.15) is 35.0 Å². The van der Waals surface area contributed by atoms with Gasteiger partial charge in [-0.25, -0.2) is 0 Å². The summed E-state index contributed by atoms with van der Waals surface area (Å²) < 4.78 is 10.3. The van der Waals surface area contributed by atoms with E-state index in [4.69, 9.17) is 9.26 Å². The molecule has 0 unspecified atom stereocenters. The number of hydrogen-bond acceptors (Lipinski definition) is 4. The van der Waals surface area contributed by atoms with Crippen molar-refractivity contribution in [3.05, 3.63) is 41.8 Å². The number of nitrogens with one attached hydrogen (secondary N) is 1. The van der Waals surface area contributed by atoms with Crippen LogP contribution in [0.3, 0.4) is 0 Å². The van der Waals surface area contributed by atoms with Crippen molar-refractivity contribution in [2.24, 2.45) is 0 Å². The molecule has 1 fully saturated rings. The van der Waals surface area contributed by atoms with E-state index < -0.39 is 0 Å². The molecule has 0 bridgehead atoms. The van der Waals surface area contributed by atoms with E-state index in [0.717, 1.165) is 18.6 Å². The van der Waals surface area contributed by atoms with Gasteiger partial charge in [0.15, 0.2) is 5.69 Å². The molecular weight excluding hydrogens is 244 g/mol. The molecule has 0 radical (unpaired) electrons. The summed E-state index contributed by atoms with van der Waals surface area (Å²) in [6, 6.07) is 8.95. The van der Waals surface area contributed by atoms with Crippen molar-refractivity contribution in [2.45, 2.75) is 18.8 Å². The molecule has 1 aliphatic carbocycles. The second-order valence-electron chi connectivity index (χ2n) is 4.54. The summed E-state index contributed by atoms with van der Waals surface area (Å²) in [6.07, 6.45) is 2.23. The number of hydrogen-bond donors (Lipinski definition) is 1. The molecule has 1 N–H and O–H groups in total. The molecule has 1 aromatic carbocycles. The fourth-order valence-electron chi connectivity index (χ4n) is 1.89. The maximum absolute atomic E-state index is 12.0. The van der Waals surface area contributed by atoms with Gasteiger partial charge in [-0.2, -0.15) is 0 Å². The first-order valence-electron chi connectivity index (χ1n) is 6.19. The summed E-state index contributed by atoms with van der Waals surface area (Å²) >= 11 is 0. The predicted octanol–water partition coefficient (Wildman–Crippen LogP) is 2.81. The van der Waals surface area contributed by atoms with E-state index in [-0.39, 0.29) is 5.91 Å². The third kappa shape index (κ3) is 2.45. The summed E-state index contributed by atoms with van der Waals surface area (Å²) in [4.78, 5) is 12.0. The number of anilines is 1. The lowest BCUT2D eigenvalue weighted by molar-refractivity contribution is 0.101. The summed E-state index contributed by atoms with van der Waals surface area (Å²) in [5.41, 5.74) is 0.916. The normalized spacial score (nSPS) is 14.2. The zero-order valence-corrected chi connectivity index (χ0v) is 10.6. The van der Waals surface area contributed by atoms with E-state index in [1.54, 1.807) is 25.3 Å². The SMILES string of the molecule is COc1ccccc1NC(=O)c1cc(C2CC2)on1. The van der Waals surface area contributed by atoms with Crippen molar-refractivity contribution >= 4 is 11.6 Å². The van der Waals surface area contributed by atoms with Crippen LogP contribution >= 0.6 is 0 Å². The van der Waals surface area contributed by atoms with Crippen molar-refractivity contribution in [3.8, 4) is 5.75 Å². The van der Waals surface area contributed by atoms with Gasteiger partial charge in [0.1, 0.15) is 11.5 Å². The Morgan fingerprint density at radius 2 is 2.21 bits per heavy atom. The summed E-state index contributed by atoms with van der Waals surface area (Å²) in [5.74, 6) is 1.56. The highest BCUT2D eigenvalue weighted by molar-refractivity contribution is 6.03. The molecule has 19 heavy (non-hydrogen) atoms. The molecule has 0 spiro atoms. The van der Waals surface area contributed by atoms with Gasteiger partial charge >= 0.3 is 0 Å². The first-order chi connectivity index (χ1) is 9.28. The van der Waals surface area contributed by atoms with E-state index >= 15 is 0 Å². The Labute approximate surface area is 110 Å². The van der Waals surface area contributed by atoms with Gasteiger partial charge in [0.05, 0.1) is 12.8 Å². The topological polar surface area (TPSA) is 64.4 Å². The molecule has 1 heterocycles. The Hall–Kier alpha value is -2.30. The number of carbonyl (C=O) groups is 1. The lowest BCUT2D eigenvalue weighted by atomic mass is 10.2. The van der Waals surface area contributed by atoms with E-state index in [1.165, 1.54) is 0 Å². The number of para-hydroxylation sites is 2. The molecule has 0 aliphatic heterocycles. The Balaban J connectivity index is 1.76. The monoisotopic (exact) mass is 258 g/mol. The second-order valence-corrected chi connectivity index (χ2v) is 4.54. The number of ether oxygens (including phenoxy) is 1. The van der Waals surface area contributed by atoms with E-state index in [9.17, 15) is 4.79 Å². The van der Waals surface area contributed by atoms with Gasteiger partial charge in [0, 0.05) is 12.0 Å². The van der Waals surface area contributed by atoms with Crippen LogP contribution in [0, 0.1) is 0 Å². The lowest BCUT2D eigenvalue weighted by Gasteiger charge is -2.07. The third-order valence-electron chi connectivity index (χ3n) is 3.10. The van der Waals surface area contributed by atoms with Gasteiger partial charge in [-0.1, -0.05) is 17.3 Å². The van der Waals surface area contributed by atoms with Crippen molar-refractivity contribution in [3.63, 3.8) is 0 Å². The molecule has 1 aliphatic rings. The lowest BCUT2D eigenvalue weighted by Crippen LogP contribution is -2.12. The highest BCUT2D eigenvalue weighted by Gasteiger charge is 2.29. The number of nitrogens with zero attached hydrogens (tertiary/aromatic N) is 1. The van der Waals surface area contributed by atoms with Crippen LogP contribution in [0.25, 0.3) is 0 Å². The van der Waals surface area contributed by atoms with Crippen LogP contribution < -0.4 is 10.1 Å². The van der Waals surface area contributed by atoms with E-state index in [0.29, 0.717) is 23.0 Å². The Kier molecular flexibility index (Phi) is 2.95. The average Bonchev–Trinajstić information content (AvgIpc) is 3.17. The molecule has 1 amide bonds. The van der Waals surface area contributed by atoms with E-state index in [2.05, 4.69) is 10.5 Å². The first-order valence-corrected chi connectivity index (χ1v) is 6.19. The molecule has 0 atom stereocenters. The van der Waals surface area contributed by atoms with Crippen LogP contribution in [-0.4, -0.2) is 18.2 Å². The molecular formula is C14H14N2O3. The van der Waals surface area contributed by atoms with Crippen molar-refractivity contribution < 1.29 is 14.1 Å². The number of aromatic nitrogens is 1. The molecule has 0 saturated heterocycles. The molecule has 3 rings (SSSR count). The first kappa shape index (κ1) is 11.8. The standard InChI is InChI=1S/C14H14N2O3/c1-18-12-5-3-2-4-10(12)15-14(17)11-8-13(19-16-11)9-6-7-9/h2-5,8-9H,6-7H2,1H3,(H,15,17). The molecule has 5 nitrogen and oxygen atoms in total. The zero-order chi connectivity index (χ0) is 13.2. The molecule has 1 saturated carbocycles. The minimum atomic E-state index is -0.292. The zero-order valence-electron chi connectivity index (χ0n) is 10.6. The minimum absolute atomic E-state index is 0.292. The van der Waals surface area contributed by atoms with Crippen LogP contribution in [0.4, 0.5) is 5.69 Å². The summed E-state index contributed by atoms with van der Waals surface area (Å²) in [7, 11) is 1.56. The van der Waals surface area contributed by atoms with Gasteiger partial charge in [-0.3, -0.25) is 4.79 Å². The fourth-order valence-corrected chi connectivity index (χ4v) is 1.89. The van der Waals surface area contributed by atoms with E-state index in [1.807, 2.05) is 12.1 Å². The third-order valence-corrected chi connectivity index (χ3v) is 3.10. The van der Waals surface area contributed by atoms with Gasteiger partial charge in [0.2, 0.25) is 0 Å². The van der Waals surface area contributed by atoms with Crippen molar-refractivity contribution in [1.29, 1.82) is 0 Å². The largest absolute Gasteiger partial charge is 0.495 e. The second kappa shape index (κ2) is 4.76. The minimum Gasteiger partial charge on any atom is -0.495 e. The molecule has 98 valence electrons. The highest BCUT2D eigenvalue weighted by Crippen LogP contribution is 2.40. The Bertz CT molecular complexity index is 602. The van der Waals surface area contributed by atoms with Gasteiger partial charge in [0.25, 0.3) is 5.91 Å². The molecule has 1 aromatic heterocycles. The maximum Gasteiger partial charge on any atom is 0.277 e. The number of benzene rings is 1. The number of carbonyl (C=O) groups excluding carboxylic acids is 1. The molecule has 5 heteroatoms. The smallest absolute Gasteiger partial charge is 0.277 e. The summed E-state index contributed by atoms with van der Waals surface area (Å²) in [5, 5.41) is 6.57. The van der Waals surface area contributed by atoms with Crippen molar-refractivity contribution in [1.82, 2.24) is 5.16 Å². The Morgan fingerprint density at radius 1 is 1.42 bits per heavy atom. The van der Waals surface area contributed by atoms with Gasteiger partial charge < -0.3 is 14.6 Å². The van der Waals surface area contributed by atoms with Crippen LogP contribution in [0.5, 0.6) is 5.75 Å². The predicted molar refractivity (Wildman–Crippen MR) is 69.4 cm³/mol. The quantitative estimate of drug-likeness (QED) is 0.915. The van der Waals surface area contributed by atoms with Gasteiger partial charge in [-0.05, 0) is 25.0 Å². The van der Waals surface area contributed by atoms with Crippen LogP contribution in [0.2, 0.25) is 0 Å². The van der Waals surface area contributed by atoms with Crippen LogP contribution in [0.15, 0.2) is 34.9 Å². The maximum atomic E-state index is 12.0. The Morgan fingerprint density at radius 3 is 2.95 bits per heavy atom. The number of methoxy groups -OCH3 is 1. The highest BCUT2D eigenvalue weighted by atomic mass is 16.5. The fraction of sp³-hybridized carbons (Fsp3) is 0.286. The molecule has 2 aromatic rings. The number of amides is 1.